The highest BCUT2D eigenvalue weighted by molar-refractivity contribution is 5.80. The van der Waals surface area contributed by atoms with Crippen LogP contribution < -0.4 is 4.74 Å². The summed E-state index contributed by atoms with van der Waals surface area (Å²) in [5, 5.41) is 10.6. The number of nitro groups is 1. The zero-order valence-electron chi connectivity index (χ0n) is 14.1. The van der Waals surface area contributed by atoms with Gasteiger partial charge in [0.25, 0.3) is 5.69 Å². The molecule has 0 radical (unpaired) electrons. The van der Waals surface area contributed by atoms with Crippen LogP contribution >= 0.6 is 0 Å². The first-order valence-corrected chi connectivity index (χ1v) is 7.92. The summed E-state index contributed by atoms with van der Waals surface area (Å²) in [7, 11) is 0. The second kappa shape index (κ2) is 7.73. The number of hydrogen-bond acceptors (Lipinski definition) is 4. The number of ether oxygens (including phenoxy) is 1. The first-order chi connectivity index (χ1) is 11.4. The molecule has 0 amide bonds. The molecule has 5 heteroatoms. The summed E-state index contributed by atoms with van der Waals surface area (Å²) in [6.45, 7) is 6.11. The van der Waals surface area contributed by atoms with Gasteiger partial charge in [0.1, 0.15) is 5.75 Å². The largest absolute Gasteiger partial charge is 0.426 e. The number of esters is 1. The third kappa shape index (κ3) is 4.65. The average Bonchev–Trinajstić information content (AvgIpc) is 2.54. The minimum Gasteiger partial charge on any atom is -0.426 e. The van der Waals surface area contributed by atoms with Crippen LogP contribution in [0.1, 0.15) is 37.8 Å². The molecule has 1 atom stereocenters. The molecule has 0 aliphatic rings. The summed E-state index contributed by atoms with van der Waals surface area (Å²) in [5.41, 5.74) is 2.09. The highest BCUT2D eigenvalue weighted by Gasteiger charge is 2.18. The second-order valence-corrected chi connectivity index (χ2v) is 6.23. The van der Waals surface area contributed by atoms with Gasteiger partial charge in [-0.25, -0.2) is 0 Å². The average molecular weight is 327 g/mol. The summed E-state index contributed by atoms with van der Waals surface area (Å²) in [4.78, 5) is 22.4. The fraction of sp³-hybridized carbons (Fsp3) is 0.316. The van der Waals surface area contributed by atoms with E-state index in [9.17, 15) is 14.9 Å². The van der Waals surface area contributed by atoms with Gasteiger partial charge in [0, 0.05) is 12.1 Å². The second-order valence-electron chi connectivity index (χ2n) is 6.23. The van der Waals surface area contributed by atoms with Gasteiger partial charge in [-0.1, -0.05) is 38.1 Å². The van der Waals surface area contributed by atoms with Crippen molar-refractivity contribution in [3.63, 3.8) is 0 Å². The zero-order chi connectivity index (χ0) is 17.7. The molecule has 0 aliphatic carbocycles. The van der Waals surface area contributed by atoms with Crippen LogP contribution in [0.25, 0.3) is 0 Å². The van der Waals surface area contributed by atoms with Crippen molar-refractivity contribution in [3.05, 3.63) is 69.8 Å². The number of rotatable bonds is 6. The highest BCUT2D eigenvalue weighted by atomic mass is 16.6. The minimum absolute atomic E-state index is 0.0383. The van der Waals surface area contributed by atoms with E-state index in [0.717, 1.165) is 12.0 Å². The van der Waals surface area contributed by atoms with E-state index in [2.05, 4.69) is 13.8 Å². The lowest BCUT2D eigenvalue weighted by atomic mass is 9.97. The maximum atomic E-state index is 12.2. The summed E-state index contributed by atoms with van der Waals surface area (Å²) < 4.78 is 5.30. The topological polar surface area (TPSA) is 69.4 Å². The maximum absolute atomic E-state index is 12.2. The molecule has 0 aliphatic heterocycles. The Hall–Kier alpha value is -2.69. The molecule has 126 valence electrons. The lowest BCUT2D eigenvalue weighted by molar-refractivity contribution is -0.384. The Morgan fingerprint density at radius 1 is 1.04 bits per heavy atom. The number of carbonyl (C=O) groups is 1. The Morgan fingerprint density at radius 3 is 2.12 bits per heavy atom. The van der Waals surface area contributed by atoms with Crippen molar-refractivity contribution >= 4 is 11.7 Å². The SMILES string of the molecule is CC(C)Cc1ccc(C(C)C(=O)Oc2ccc([N+](=O)[O-])cc2)cc1. The molecule has 0 fully saturated rings. The molecule has 2 rings (SSSR count). The third-order valence-electron chi connectivity index (χ3n) is 3.74. The van der Waals surface area contributed by atoms with Crippen molar-refractivity contribution in [2.45, 2.75) is 33.1 Å². The summed E-state index contributed by atoms with van der Waals surface area (Å²) in [6, 6.07) is 13.4. The van der Waals surface area contributed by atoms with Gasteiger partial charge in [-0.3, -0.25) is 14.9 Å². The molecule has 0 heterocycles. The van der Waals surface area contributed by atoms with E-state index >= 15 is 0 Å². The van der Waals surface area contributed by atoms with Crippen LogP contribution in [0.4, 0.5) is 5.69 Å². The molecule has 0 N–H and O–H groups in total. The monoisotopic (exact) mass is 327 g/mol. The van der Waals surface area contributed by atoms with Gasteiger partial charge in [0.15, 0.2) is 0 Å². The van der Waals surface area contributed by atoms with Crippen LogP contribution in [0.2, 0.25) is 0 Å². The smallest absolute Gasteiger partial charge is 0.318 e. The van der Waals surface area contributed by atoms with E-state index in [4.69, 9.17) is 4.74 Å². The van der Waals surface area contributed by atoms with Crippen LogP contribution in [-0.4, -0.2) is 10.9 Å². The molecule has 0 saturated heterocycles. The van der Waals surface area contributed by atoms with Gasteiger partial charge in [0.2, 0.25) is 0 Å². The van der Waals surface area contributed by atoms with E-state index in [1.807, 2.05) is 24.3 Å². The summed E-state index contributed by atoms with van der Waals surface area (Å²) in [6.07, 6.45) is 1.00. The van der Waals surface area contributed by atoms with Gasteiger partial charge in [-0.15, -0.1) is 0 Å². The van der Waals surface area contributed by atoms with Gasteiger partial charge < -0.3 is 4.74 Å². The number of nitro benzene ring substituents is 1. The van der Waals surface area contributed by atoms with Crippen molar-refractivity contribution in [2.24, 2.45) is 5.92 Å². The molecule has 0 bridgehead atoms. The van der Waals surface area contributed by atoms with E-state index in [1.54, 1.807) is 6.92 Å². The normalized spacial score (nSPS) is 12.0. The number of hydrogen-bond donors (Lipinski definition) is 0. The molecule has 0 aromatic heterocycles. The predicted octanol–water partition coefficient (Wildman–Crippen LogP) is 4.50. The van der Waals surface area contributed by atoms with Crippen molar-refractivity contribution in [2.75, 3.05) is 0 Å². The Morgan fingerprint density at radius 2 is 1.62 bits per heavy atom. The fourth-order valence-corrected chi connectivity index (χ4v) is 2.39. The molecule has 5 nitrogen and oxygen atoms in total. The summed E-state index contributed by atoms with van der Waals surface area (Å²) in [5.74, 6) is 0.0861. The predicted molar refractivity (Wildman–Crippen MR) is 92.1 cm³/mol. The number of nitrogens with zero attached hydrogens (tertiary/aromatic N) is 1. The minimum atomic E-state index is -0.493. The molecule has 0 spiro atoms. The first kappa shape index (κ1) is 17.7. The Balaban J connectivity index is 2.02. The van der Waals surface area contributed by atoms with Crippen molar-refractivity contribution < 1.29 is 14.5 Å². The van der Waals surface area contributed by atoms with Gasteiger partial charge in [-0.05, 0) is 42.5 Å². The number of carbonyl (C=O) groups excluding carboxylic acids is 1. The third-order valence-corrected chi connectivity index (χ3v) is 3.74. The molecule has 0 saturated carbocycles. The lowest BCUT2D eigenvalue weighted by Crippen LogP contribution is -2.16. The first-order valence-electron chi connectivity index (χ1n) is 7.92. The maximum Gasteiger partial charge on any atom is 0.318 e. The van der Waals surface area contributed by atoms with Crippen LogP contribution in [0.3, 0.4) is 0 Å². The molecular formula is C19H21NO4. The van der Waals surface area contributed by atoms with Crippen LogP contribution in [0.15, 0.2) is 48.5 Å². The molecule has 24 heavy (non-hydrogen) atoms. The van der Waals surface area contributed by atoms with Gasteiger partial charge >= 0.3 is 5.97 Å². The lowest BCUT2D eigenvalue weighted by Gasteiger charge is -2.12. The van der Waals surface area contributed by atoms with E-state index in [1.165, 1.54) is 29.8 Å². The molecule has 1 unspecified atom stereocenters. The van der Waals surface area contributed by atoms with Crippen molar-refractivity contribution in [3.8, 4) is 5.75 Å². The van der Waals surface area contributed by atoms with Crippen molar-refractivity contribution in [1.29, 1.82) is 0 Å². The Kier molecular flexibility index (Phi) is 5.68. The quantitative estimate of drug-likeness (QED) is 0.339. The molecule has 2 aromatic rings. The van der Waals surface area contributed by atoms with E-state index in [-0.39, 0.29) is 11.7 Å². The van der Waals surface area contributed by atoms with Crippen LogP contribution in [-0.2, 0) is 11.2 Å². The fourth-order valence-electron chi connectivity index (χ4n) is 2.39. The Bertz CT molecular complexity index is 705. The Labute approximate surface area is 141 Å². The molecular weight excluding hydrogens is 306 g/mol. The zero-order valence-corrected chi connectivity index (χ0v) is 14.1. The van der Waals surface area contributed by atoms with Gasteiger partial charge in [0.05, 0.1) is 10.8 Å². The summed E-state index contributed by atoms with van der Waals surface area (Å²) >= 11 is 0. The van der Waals surface area contributed by atoms with E-state index in [0.29, 0.717) is 11.7 Å². The highest BCUT2D eigenvalue weighted by Crippen LogP contribution is 2.22. The number of non-ortho nitro benzene ring substituents is 1. The number of benzene rings is 2. The molecule has 2 aromatic carbocycles. The van der Waals surface area contributed by atoms with Crippen LogP contribution in [0, 0.1) is 16.0 Å². The van der Waals surface area contributed by atoms with Crippen LogP contribution in [0.5, 0.6) is 5.75 Å². The van der Waals surface area contributed by atoms with Crippen molar-refractivity contribution in [1.82, 2.24) is 0 Å². The standard InChI is InChI=1S/C19H21NO4/c1-13(2)12-15-4-6-16(7-5-15)14(3)19(21)24-18-10-8-17(9-11-18)20(22)23/h4-11,13-14H,12H2,1-3H3. The van der Waals surface area contributed by atoms with E-state index < -0.39 is 10.8 Å². The van der Waals surface area contributed by atoms with Gasteiger partial charge in [-0.2, -0.15) is 0 Å².